The van der Waals surface area contributed by atoms with E-state index in [0.717, 1.165) is 13.0 Å². The smallest absolute Gasteiger partial charge is 0.222 e. The minimum atomic E-state index is 0.125. The number of halogens is 2. The number of likely N-dealkylation sites (tertiary alicyclic amines) is 1. The molecule has 0 spiro atoms. The first-order valence-electron chi connectivity index (χ1n) is 6.68. The predicted octanol–water partition coefficient (Wildman–Crippen LogP) is 2.71. The number of hydrogen-bond donors (Lipinski definition) is 1. The summed E-state index contributed by atoms with van der Waals surface area (Å²) in [4.78, 5) is 13.7. The molecule has 1 saturated heterocycles. The van der Waals surface area contributed by atoms with Gasteiger partial charge in [0.15, 0.2) is 0 Å². The van der Waals surface area contributed by atoms with E-state index in [2.05, 4.69) is 0 Å². The lowest BCUT2D eigenvalue weighted by Gasteiger charge is -2.15. The number of benzene rings is 1. The van der Waals surface area contributed by atoms with Gasteiger partial charge in [0.2, 0.25) is 5.91 Å². The summed E-state index contributed by atoms with van der Waals surface area (Å²) in [5.41, 5.74) is 5.78. The highest BCUT2D eigenvalue weighted by Gasteiger charge is 2.22. The van der Waals surface area contributed by atoms with E-state index < -0.39 is 0 Å². The molecule has 0 saturated carbocycles. The summed E-state index contributed by atoms with van der Waals surface area (Å²) >= 11 is 11.9. The molecule has 6 heteroatoms. The standard InChI is InChI=1S/C14H18Cl2N2O2/c15-11-3-1-4-12(14(11)16)20-8-2-5-13(19)18-7-6-10(17)9-18/h1,3-4,10H,2,5-9,17H2/t10-/m0/s1. The van der Waals surface area contributed by atoms with Gasteiger partial charge < -0.3 is 15.4 Å². The predicted molar refractivity (Wildman–Crippen MR) is 80.4 cm³/mol. The number of carbonyl (C=O) groups is 1. The number of nitrogens with two attached hydrogens (primary N) is 1. The first-order valence-corrected chi connectivity index (χ1v) is 7.43. The van der Waals surface area contributed by atoms with E-state index in [0.29, 0.717) is 41.8 Å². The number of hydrogen-bond acceptors (Lipinski definition) is 3. The average molecular weight is 317 g/mol. The largest absolute Gasteiger partial charge is 0.492 e. The Hall–Kier alpha value is -0.970. The third-order valence-corrected chi connectivity index (χ3v) is 4.09. The zero-order valence-electron chi connectivity index (χ0n) is 11.1. The Bertz CT molecular complexity index is 482. The zero-order chi connectivity index (χ0) is 14.5. The molecule has 1 fully saturated rings. The van der Waals surface area contributed by atoms with E-state index in [-0.39, 0.29) is 11.9 Å². The third-order valence-electron chi connectivity index (χ3n) is 3.29. The zero-order valence-corrected chi connectivity index (χ0v) is 12.7. The van der Waals surface area contributed by atoms with E-state index in [1.807, 2.05) is 4.90 Å². The SMILES string of the molecule is N[C@H]1CCN(C(=O)CCCOc2cccc(Cl)c2Cl)C1. The summed E-state index contributed by atoms with van der Waals surface area (Å²) in [5.74, 6) is 0.688. The van der Waals surface area contributed by atoms with Crippen LogP contribution in [0.15, 0.2) is 18.2 Å². The van der Waals surface area contributed by atoms with E-state index in [1.165, 1.54) is 0 Å². The van der Waals surface area contributed by atoms with Gasteiger partial charge >= 0.3 is 0 Å². The van der Waals surface area contributed by atoms with Crippen LogP contribution in [-0.4, -0.2) is 36.5 Å². The van der Waals surface area contributed by atoms with E-state index >= 15 is 0 Å². The molecule has 0 unspecified atom stereocenters. The highest BCUT2D eigenvalue weighted by molar-refractivity contribution is 6.42. The van der Waals surface area contributed by atoms with Gasteiger partial charge in [-0.25, -0.2) is 0 Å². The lowest BCUT2D eigenvalue weighted by Crippen LogP contribution is -2.31. The van der Waals surface area contributed by atoms with Crippen LogP contribution in [0.5, 0.6) is 5.75 Å². The molecule has 1 aliphatic rings. The summed E-state index contributed by atoms with van der Waals surface area (Å²) in [7, 11) is 0. The molecule has 2 N–H and O–H groups in total. The quantitative estimate of drug-likeness (QED) is 0.850. The lowest BCUT2D eigenvalue weighted by molar-refractivity contribution is -0.130. The Balaban J connectivity index is 1.71. The van der Waals surface area contributed by atoms with Crippen LogP contribution in [0.2, 0.25) is 10.0 Å². The van der Waals surface area contributed by atoms with Crippen LogP contribution < -0.4 is 10.5 Å². The summed E-state index contributed by atoms with van der Waals surface area (Å²) in [6.07, 6.45) is 2.00. The first kappa shape index (κ1) is 15.4. The third kappa shape index (κ3) is 4.01. The van der Waals surface area contributed by atoms with Crippen LogP contribution in [0, 0.1) is 0 Å². The van der Waals surface area contributed by atoms with Crippen molar-refractivity contribution in [3.63, 3.8) is 0 Å². The second-order valence-corrected chi connectivity index (χ2v) is 5.68. The summed E-state index contributed by atoms with van der Waals surface area (Å²) in [6.45, 7) is 1.87. The summed E-state index contributed by atoms with van der Waals surface area (Å²) in [6, 6.07) is 5.37. The normalized spacial score (nSPS) is 18.4. The molecule has 0 aromatic heterocycles. The van der Waals surface area contributed by atoms with E-state index in [9.17, 15) is 4.79 Å². The van der Waals surface area contributed by atoms with Crippen molar-refractivity contribution in [3.05, 3.63) is 28.2 Å². The van der Waals surface area contributed by atoms with Gasteiger partial charge in [-0.1, -0.05) is 29.3 Å². The minimum Gasteiger partial charge on any atom is -0.492 e. The maximum Gasteiger partial charge on any atom is 0.222 e. The van der Waals surface area contributed by atoms with Gasteiger partial charge in [0, 0.05) is 25.6 Å². The molecule has 1 aromatic carbocycles. The first-order chi connectivity index (χ1) is 9.58. The van der Waals surface area contributed by atoms with Crippen molar-refractivity contribution in [2.45, 2.75) is 25.3 Å². The Morgan fingerprint density at radius 2 is 2.25 bits per heavy atom. The molecule has 0 aliphatic carbocycles. The summed E-state index contributed by atoms with van der Waals surface area (Å²) < 4.78 is 5.54. The maximum absolute atomic E-state index is 11.9. The van der Waals surface area contributed by atoms with Crippen molar-refractivity contribution in [1.29, 1.82) is 0 Å². The van der Waals surface area contributed by atoms with Crippen molar-refractivity contribution in [3.8, 4) is 5.75 Å². The van der Waals surface area contributed by atoms with Crippen LogP contribution in [0.4, 0.5) is 0 Å². The molecule has 0 radical (unpaired) electrons. The van der Waals surface area contributed by atoms with Gasteiger partial charge in [-0.3, -0.25) is 4.79 Å². The lowest BCUT2D eigenvalue weighted by atomic mass is 10.3. The van der Waals surface area contributed by atoms with Crippen molar-refractivity contribution in [1.82, 2.24) is 4.90 Å². The summed E-state index contributed by atoms with van der Waals surface area (Å²) in [5, 5.41) is 0.873. The van der Waals surface area contributed by atoms with Gasteiger partial charge in [-0.05, 0) is 25.0 Å². The second kappa shape index (κ2) is 7.16. The fraction of sp³-hybridized carbons (Fsp3) is 0.500. The Morgan fingerprint density at radius 1 is 1.45 bits per heavy atom. The van der Waals surface area contributed by atoms with Crippen molar-refractivity contribution >= 4 is 29.1 Å². The molecule has 2 rings (SSSR count). The van der Waals surface area contributed by atoms with Gasteiger partial charge in [0.25, 0.3) is 0 Å². The fourth-order valence-corrected chi connectivity index (χ4v) is 2.52. The molecule has 1 aromatic rings. The number of rotatable bonds is 5. The van der Waals surface area contributed by atoms with Crippen molar-refractivity contribution in [2.24, 2.45) is 5.73 Å². The molecule has 110 valence electrons. The fourth-order valence-electron chi connectivity index (χ4n) is 2.17. The molecule has 1 amide bonds. The topological polar surface area (TPSA) is 55.6 Å². The molecule has 0 bridgehead atoms. The molecular weight excluding hydrogens is 299 g/mol. The van der Waals surface area contributed by atoms with Gasteiger partial charge in [0.1, 0.15) is 10.8 Å². The molecule has 1 heterocycles. The highest BCUT2D eigenvalue weighted by Crippen LogP contribution is 2.31. The van der Waals surface area contributed by atoms with E-state index in [4.69, 9.17) is 33.7 Å². The Kier molecular flexibility index (Phi) is 5.52. The van der Waals surface area contributed by atoms with Gasteiger partial charge in [-0.15, -0.1) is 0 Å². The van der Waals surface area contributed by atoms with Gasteiger partial charge in [-0.2, -0.15) is 0 Å². The van der Waals surface area contributed by atoms with Crippen molar-refractivity contribution < 1.29 is 9.53 Å². The minimum absolute atomic E-state index is 0.125. The second-order valence-electron chi connectivity index (χ2n) is 4.89. The van der Waals surface area contributed by atoms with Crippen LogP contribution in [-0.2, 0) is 4.79 Å². The molecule has 4 nitrogen and oxygen atoms in total. The monoisotopic (exact) mass is 316 g/mol. The van der Waals surface area contributed by atoms with Crippen LogP contribution in [0.1, 0.15) is 19.3 Å². The maximum atomic E-state index is 11.9. The Labute approximate surface area is 128 Å². The number of amides is 1. The van der Waals surface area contributed by atoms with Crippen LogP contribution in [0.25, 0.3) is 0 Å². The van der Waals surface area contributed by atoms with Crippen molar-refractivity contribution in [2.75, 3.05) is 19.7 Å². The average Bonchev–Trinajstić information content (AvgIpc) is 2.86. The van der Waals surface area contributed by atoms with Gasteiger partial charge in [0.05, 0.1) is 11.6 Å². The molecule has 1 atom stereocenters. The van der Waals surface area contributed by atoms with Crippen LogP contribution >= 0.6 is 23.2 Å². The van der Waals surface area contributed by atoms with E-state index in [1.54, 1.807) is 18.2 Å². The number of ether oxygens (including phenoxy) is 1. The van der Waals surface area contributed by atoms with Crippen LogP contribution in [0.3, 0.4) is 0 Å². The molecule has 20 heavy (non-hydrogen) atoms. The highest BCUT2D eigenvalue weighted by atomic mass is 35.5. The molecule has 1 aliphatic heterocycles. The molecular formula is C14H18Cl2N2O2. The number of carbonyl (C=O) groups excluding carboxylic acids is 1. The number of nitrogens with zero attached hydrogens (tertiary/aromatic N) is 1. The Morgan fingerprint density at radius 3 is 2.95 bits per heavy atom.